The highest BCUT2D eigenvalue weighted by molar-refractivity contribution is 7.13. The van der Waals surface area contributed by atoms with E-state index >= 15 is 0 Å². The summed E-state index contributed by atoms with van der Waals surface area (Å²) in [6.45, 7) is 2.45. The molecular weight excluding hydrogens is 363 g/mol. The van der Waals surface area contributed by atoms with Crippen LogP contribution in [-0.2, 0) is 6.54 Å². The van der Waals surface area contributed by atoms with Gasteiger partial charge in [0.05, 0.1) is 0 Å². The van der Waals surface area contributed by atoms with Gasteiger partial charge in [-0.05, 0) is 42.7 Å². The fraction of sp³-hybridized carbons (Fsp3) is 0.250. The Balaban J connectivity index is 1.40. The van der Waals surface area contributed by atoms with Gasteiger partial charge in [0.15, 0.2) is 0 Å². The van der Waals surface area contributed by atoms with Crippen molar-refractivity contribution in [1.29, 1.82) is 0 Å². The lowest BCUT2D eigenvalue weighted by Crippen LogP contribution is -2.23. The molecule has 1 aliphatic rings. The molecule has 1 saturated heterocycles. The van der Waals surface area contributed by atoms with Crippen LogP contribution in [0.15, 0.2) is 48.0 Å². The van der Waals surface area contributed by atoms with E-state index in [1.807, 2.05) is 18.3 Å². The molecule has 0 spiro atoms. The smallest absolute Gasteiger partial charge is 0.271 e. The number of anilines is 1. The van der Waals surface area contributed by atoms with Gasteiger partial charge in [-0.25, -0.2) is 14.4 Å². The second-order valence-electron chi connectivity index (χ2n) is 6.45. The molecule has 0 saturated carbocycles. The molecule has 0 aliphatic carbocycles. The van der Waals surface area contributed by atoms with Crippen molar-refractivity contribution in [1.82, 2.24) is 15.3 Å². The number of nitrogens with one attached hydrogen (secondary N) is 1. The van der Waals surface area contributed by atoms with Gasteiger partial charge in [-0.2, -0.15) is 0 Å². The standard InChI is InChI=1S/C20H19FN4OS/c21-16-6-3-14(4-7-16)11-23-19(26)17-13-27-20(24-17)15-5-8-18(22-12-15)25-9-1-2-10-25/h3-8,12-13H,1-2,9-11H2,(H,23,26). The van der Waals surface area contributed by atoms with Gasteiger partial charge in [0.2, 0.25) is 0 Å². The van der Waals surface area contributed by atoms with Crippen molar-refractivity contribution >= 4 is 23.1 Å². The highest BCUT2D eigenvalue weighted by Crippen LogP contribution is 2.25. The van der Waals surface area contributed by atoms with Crippen LogP contribution < -0.4 is 10.2 Å². The summed E-state index contributed by atoms with van der Waals surface area (Å²) in [4.78, 5) is 23.5. The van der Waals surface area contributed by atoms with E-state index in [9.17, 15) is 9.18 Å². The summed E-state index contributed by atoms with van der Waals surface area (Å²) in [5.74, 6) is 0.451. The quantitative estimate of drug-likeness (QED) is 0.728. The molecule has 2 aromatic heterocycles. The molecule has 1 fully saturated rings. The monoisotopic (exact) mass is 382 g/mol. The zero-order valence-corrected chi connectivity index (χ0v) is 15.5. The van der Waals surface area contributed by atoms with E-state index in [1.165, 1.54) is 36.3 Å². The fourth-order valence-electron chi connectivity index (χ4n) is 3.03. The maximum Gasteiger partial charge on any atom is 0.271 e. The highest BCUT2D eigenvalue weighted by atomic mass is 32.1. The van der Waals surface area contributed by atoms with Gasteiger partial charge in [0.25, 0.3) is 5.91 Å². The van der Waals surface area contributed by atoms with Crippen LogP contribution >= 0.6 is 11.3 Å². The molecule has 3 heterocycles. The average Bonchev–Trinajstić information content (AvgIpc) is 3.40. The predicted molar refractivity (Wildman–Crippen MR) is 104 cm³/mol. The normalized spacial score (nSPS) is 13.7. The Morgan fingerprint density at radius 1 is 1.15 bits per heavy atom. The SMILES string of the molecule is O=C(NCc1ccc(F)cc1)c1csc(-c2ccc(N3CCCC3)nc2)n1. The van der Waals surface area contributed by atoms with E-state index in [2.05, 4.69) is 20.2 Å². The van der Waals surface area contributed by atoms with Gasteiger partial charge < -0.3 is 10.2 Å². The van der Waals surface area contributed by atoms with Crippen LogP contribution in [0.3, 0.4) is 0 Å². The van der Waals surface area contributed by atoms with Crippen LogP contribution in [0.1, 0.15) is 28.9 Å². The summed E-state index contributed by atoms with van der Waals surface area (Å²) in [5, 5.41) is 5.31. The van der Waals surface area contributed by atoms with Gasteiger partial charge in [0.1, 0.15) is 22.3 Å². The van der Waals surface area contributed by atoms with Crippen LogP contribution in [0, 0.1) is 5.82 Å². The molecule has 1 aliphatic heterocycles. The Kier molecular flexibility index (Phi) is 5.11. The summed E-state index contributed by atoms with van der Waals surface area (Å²) >= 11 is 1.42. The van der Waals surface area contributed by atoms with Gasteiger partial charge in [-0.3, -0.25) is 4.79 Å². The van der Waals surface area contributed by atoms with Crippen molar-refractivity contribution in [2.45, 2.75) is 19.4 Å². The van der Waals surface area contributed by atoms with Crippen molar-refractivity contribution < 1.29 is 9.18 Å². The lowest BCUT2D eigenvalue weighted by atomic mass is 10.2. The molecule has 1 amide bonds. The number of carbonyl (C=O) groups is 1. The zero-order valence-electron chi connectivity index (χ0n) is 14.7. The van der Waals surface area contributed by atoms with E-state index < -0.39 is 0 Å². The number of hydrogen-bond acceptors (Lipinski definition) is 5. The van der Waals surface area contributed by atoms with Crippen molar-refractivity contribution in [3.05, 3.63) is 65.0 Å². The lowest BCUT2D eigenvalue weighted by molar-refractivity contribution is 0.0946. The molecule has 27 heavy (non-hydrogen) atoms. The second kappa shape index (κ2) is 7.84. The summed E-state index contributed by atoms with van der Waals surface area (Å²) in [6, 6.07) is 10.1. The third kappa shape index (κ3) is 4.14. The largest absolute Gasteiger partial charge is 0.357 e. The number of pyridine rings is 1. The molecule has 0 radical (unpaired) electrons. The molecule has 0 bridgehead atoms. The molecule has 4 rings (SSSR count). The van der Waals surface area contributed by atoms with Crippen LogP contribution in [-0.4, -0.2) is 29.0 Å². The molecule has 1 N–H and O–H groups in total. The fourth-order valence-corrected chi connectivity index (χ4v) is 3.82. The number of amides is 1. The number of aromatic nitrogens is 2. The maximum absolute atomic E-state index is 12.9. The molecule has 5 nitrogen and oxygen atoms in total. The third-order valence-corrected chi connectivity index (χ3v) is 5.42. The third-order valence-electron chi connectivity index (χ3n) is 4.53. The topological polar surface area (TPSA) is 58.1 Å². The summed E-state index contributed by atoms with van der Waals surface area (Å²) in [5.41, 5.74) is 2.11. The minimum atomic E-state index is -0.293. The van der Waals surface area contributed by atoms with Crippen molar-refractivity contribution in [2.75, 3.05) is 18.0 Å². The average molecular weight is 382 g/mol. The van der Waals surface area contributed by atoms with Crippen LogP contribution in [0.25, 0.3) is 10.6 Å². The first-order valence-corrected chi connectivity index (χ1v) is 9.76. The highest BCUT2D eigenvalue weighted by Gasteiger charge is 2.15. The van der Waals surface area contributed by atoms with Crippen LogP contribution in [0.4, 0.5) is 10.2 Å². The number of nitrogens with zero attached hydrogens (tertiary/aromatic N) is 3. The maximum atomic E-state index is 12.9. The van der Waals surface area contributed by atoms with Gasteiger partial charge in [0, 0.05) is 36.8 Å². The number of thiazole rings is 1. The number of halogens is 1. The first kappa shape index (κ1) is 17.6. The van der Waals surface area contributed by atoms with Crippen LogP contribution in [0.5, 0.6) is 0 Å². The van der Waals surface area contributed by atoms with Gasteiger partial charge in [-0.1, -0.05) is 12.1 Å². The summed E-state index contributed by atoms with van der Waals surface area (Å²) in [6.07, 6.45) is 4.24. The van der Waals surface area contributed by atoms with Crippen molar-refractivity contribution in [3.8, 4) is 10.6 Å². The Labute approximate surface area is 160 Å². The molecule has 138 valence electrons. The van der Waals surface area contributed by atoms with Crippen LogP contribution in [0.2, 0.25) is 0 Å². The minimum absolute atomic E-state index is 0.247. The number of benzene rings is 1. The van der Waals surface area contributed by atoms with E-state index in [4.69, 9.17) is 0 Å². The Hall–Kier alpha value is -2.80. The molecule has 3 aromatic rings. The predicted octanol–water partition coefficient (Wildman–Crippen LogP) is 3.87. The molecular formula is C20H19FN4OS. The van der Waals surface area contributed by atoms with Crippen molar-refractivity contribution in [3.63, 3.8) is 0 Å². The number of hydrogen-bond donors (Lipinski definition) is 1. The molecule has 0 atom stereocenters. The van der Waals surface area contributed by atoms with E-state index in [-0.39, 0.29) is 11.7 Å². The Morgan fingerprint density at radius 3 is 2.63 bits per heavy atom. The summed E-state index contributed by atoms with van der Waals surface area (Å²) < 4.78 is 12.9. The molecule has 0 unspecified atom stereocenters. The number of carbonyl (C=O) groups excluding carboxylic acids is 1. The first-order chi connectivity index (χ1) is 13.2. The first-order valence-electron chi connectivity index (χ1n) is 8.88. The lowest BCUT2D eigenvalue weighted by Gasteiger charge is -2.15. The van der Waals surface area contributed by atoms with Gasteiger partial charge >= 0.3 is 0 Å². The Morgan fingerprint density at radius 2 is 1.93 bits per heavy atom. The van der Waals surface area contributed by atoms with Gasteiger partial charge in [-0.15, -0.1) is 11.3 Å². The van der Waals surface area contributed by atoms with E-state index in [0.717, 1.165) is 35.0 Å². The van der Waals surface area contributed by atoms with E-state index in [0.29, 0.717) is 12.2 Å². The Bertz CT molecular complexity index is 918. The molecule has 7 heteroatoms. The molecule has 1 aromatic carbocycles. The second-order valence-corrected chi connectivity index (χ2v) is 7.30. The van der Waals surface area contributed by atoms with Crippen molar-refractivity contribution in [2.24, 2.45) is 0 Å². The zero-order chi connectivity index (χ0) is 18.6. The number of rotatable bonds is 5. The summed E-state index contributed by atoms with van der Waals surface area (Å²) in [7, 11) is 0. The minimum Gasteiger partial charge on any atom is -0.357 e. The van der Waals surface area contributed by atoms with E-state index in [1.54, 1.807) is 17.5 Å².